The number of Topliss-reactive ketones (excluding diaryl/α,β-unsaturated/α-hetero) is 1. The highest BCUT2D eigenvalue weighted by atomic mass is 16.5. The summed E-state index contributed by atoms with van der Waals surface area (Å²) in [5.74, 6) is 0.510. The average Bonchev–Trinajstić information content (AvgIpc) is 2.89. The predicted octanol–water partition coefficient (Wildman–Crippen LogP) is 3.50. The number of ketones is 1. The molecule has 0 aromatic heterocycles. The summed E-state index contributed by atoms with van der Waals surface area (Å²) in [6.45, 7) is 8.10. The van der Waals surface area contributed by atoms with E-state index in [0.717, 1.165) is 87.7 Å². The molecule has 2 aromatic rings. The van der Waals surface area contributed by atoms with Crippen LogP contribution in [0.1, 0.15) is 52.0 Å². The van der Waals surface area contributed by atoms with Gasteiger partial charge >= 0.3 is 0 Å². The summed E-state index contributed by atoms with van der Waals surface area (Å²) < 4.78 is 5.38. The first-order valence-corrected chi connectivity index (χ1v) is 12.5. The topological polar surface area (TPSA) is 95.1 Å². The minimum Gasteiger partial charge on any atom is -0.379 e. The highest BCUT2D eigenvalue weighted by Gasteiger charge is 2.13. The number of hydrogen-bond donors (Lipinski definition) is 3. The minimum absolute atomic E-state index is 0.165. The van der Waals surface area contributed by atoms with Gasteiger partial charge in [0.1, 0.15) is 0 Å². The SMILES string of the molecule is Cc1cc(C(=O)NC2=NCCCN2)ccc1Nc1cccc(C(=O)CCCCN2CCOCC2)c1. The van der Waals surface area contributed by atoms with Gasteiger partial charge in [-0.2, -0.15) is 0 Å². The summed E-state index contributed by atoms with van der Waals surface area (Å²) in [5, 5.41) is 9.31. The molecule has 0 spiro atoms. The molecule has 0 unspecified atom stereocenters. The molecular weight excluding hydrogens is 442 g/mol. The number of hydrogen-bond acceptors (Lipinski definition) is 7. The molecule has 1 amide bonds. The fraction of sp³-hybridized carbons (Fsp3) is 0.444. The smallest absolute Gasteiger partial charge is 0.257 e. The van der Waals surface area contributed by atoms with E-state index in [4.69, 9.17) is 4.74 Å². The molecule has 0 atom stereocenters. The second-order valence-corrected chi connectivity index (χ2v) is 9.03. The number of amides is 1. The van der Waals surface area contributed by atoms with Crippen molar-refractivity contribution in [1.82, 2.24) is 15.5 Å². The standard InChI is InChI=1S/C27H35N5O3/c1-20-18-22(26(34)31-27-28-11-5-12-29-27)9-10-24(20)30-23-7-4-6-21(19-23)25(33)8-2-3-13-32-14-16-35-17-15-32/h4,6-7,9-10,18-19,30H,2-3,5,8,11-17H2,1H3,(H2,28,29,31,34). The van der Waals surface area contributed by atoms with Crippen molar-refractivity contribution in [2.45, 2.75) is 32.6 Å². The molecule has 2 aliphatic rings. The van der Waals surface area contributed by atoms with Crippen molar-refractivity contribution in [2.24, 2.45) is 4.99 Å². The van der Waals surface area contributed by atoms with Crippen LogP contribution in [0.3, 0.4) is 0 Å². The van der Waals surface area contributed by atoms with Crippen LogP contribution in [-0.4, -0.2) is 68.5 Å². The molecule has 3 N–H and O–H groups in total. The minimum atomic E-state index is -0.186. The second kappa shape index (κ2) is 12.5. The Kier molecular flexibility index (Phi) is 8.86. The predicted molar refractivity (Wildman–Crippen MR) is 139 cm³/mol. The zero-order valence-corrected chi connectivity index (χ0v) is 20.4. The van der Waals surface area contributed by atoms with Gasteiger partial charge in [0.15, 0.2) is 11.7 Å². The van der Waals surface area contributed by atoms with Crippen LogP contribution in [0.4, 0.5) is 11.4 Å². The van der Waals surface area contributed by atoms with Gasteiger partial charge in [-0.05, 0) is 68.6 Å². The Balaban J connectivity index is 1.29. The Hall–Kier alpha value is -3.23. The normalized spacial score (nSPS) is 16.2. The van der Waals surface area contributed by atoms with Gasteiger partial charge < -0.3 is 15.4 Å². The third-order valence-corrected chi connectivity index (χ3v) is 6.31. The van der Waals surface area contributed by atoms with Gasteiger partial charge in [-0.3, -0.25) is 24.8 Å². The molecule has 0 bridgehead atoms. The lowest BCUT2D eigenvalue weighted by atomic mass is 10.0. The van der Waals surface area contributed by atoms with E-state index in [0.29, 0.717) is 17.9 Å². The van der Waals surface area contributed by atoms with Crippen molar-refractivity contribution in [1.29, 1.82) is 0 Å². The van der Waals surface area contributed by atoms with Crippen molar-refractivity contribution in [3.8, 4) is 0 Å². The number of aliphatic imine (C=N–C) groups is 1. The number of carbonyl (C=O) groups excluding carboxylic acids is 2. The fourth-order valence-electron chi connectivity index (χ4n) is 4.26. The van der Waals surface area contributed by atoms with Crippen molar-refractivity contribution in [3.63, 3.8) is 0 Å². The number of morpholine rings is 1. The summed E-state index contributed by atoms with van der Waals surface area (Å²) in [7, 11) is 0. The molecule has 8 nitrogen and oxygen atoms in total. The van der Waals surface area contributed by atoms with Crippen molar-refractivity contribution < 1.29 is 14.3 Å². The maximum atomic E-state index is 12.7. The lowest BCUT2D eigenvalue weighted by molar-refractivity contribution is 0.0371. The Morgan fingerprint density at radius 3 is 2.71 bits per heavy atom. The number of ether oxygens (including phenoxy) is 1. The molecule has 0 radical (unpaired) electrons. The largest absolute Gasteiger partial charge is 0.379 e. The van der Waals surface area contributed by atoms with Crippen LogP contribution in [0.25, 0.3) is 0 Å². The van der Waals surface area contributed by atoms with Crippen LogP contribution in [0.5, 0.6) is 0 Å². The number of nitrogens with one attached hydrogen (secondary N) is 3. The van der Waals surface area contributed by atoms with Crippen LogP contribution in [-0.2, 0) is 4.74 Å². The molecule has 2 aromatic carbocycles. The van der Waals surface area contributed by atoms with Crippen LogP contribution >= 0.6 is 0 Å². The first-order chi connectivity index (χ1) is 17.1. The fourth-order valence-corrected chi connectivity index (χ4v) is 4.26. The zero-order chi connectivity index (χ0) is 24.5. The van der Waals surface area contributed by atoms with Crippen LogP contribution < -0.4 is 16.0 Å². The maximum Gasteiger partial charge on any atom is 0.257 e. The molecular formula is C27H35N5O3. The molecule has 1 saturated heterocycles. The molecule has 186 valence electrons. The molecule has 4 rings (SSSR count). The number of carbonyl (C=O) groups is 2. The monoisotopic (exact) mass is 477 g/mol. The van der Waals surface area contributed by atoms with Crippen molar-refractivity contribution >= 4 is 29.0 Å². The van der Waals surface area contributed by atoms with E-state index < -0.39 is 0 Å². The van der Waals surface area contributed by atoms with Gasteiger partial charge in [0.2, 0.25) is 0 Å². The number of aryl methyl sites for hydroxylation is 1. The quantitative estimate of drug-likeness (QED) is 0.378. The molecule has 2 heterocycles. The van der Waals surface area contributed by atoms with Crippen molar-refractivity contribution in [3.05, 3.63) is 59.2 Å². The van der Waals surface area contributed by atoms with Gasteiger partial charge in [-0.25, -0.2) is 0 Å². The molecule has 8 heteroatoms. The van der Waals surface area contributed by atoms with Gasteiger partial charge in [-0.1, -0.05) is 12.1 Å². The summed E-state index contributed by atoms with van der Waals surface area (Å²) in [4.78, 5) is 32.0. The van der Waals surface area contributed by atoms with Gasteiger partial charge in [0, 0.05) is 55.1 Å². The Morgan fingerprint density at radius 1 is 1.09 bits per heavy atom. The molecule has 1 fully saturated rings. The number of rotatable bonds is 9. The summed E-state index contributed by atoms with van der Waals surface area (Å²) in [5.41, 5.74) is 3.98. The molecule has 0 aliphatic carbocycles. The van der Waals surface area contributed by atoms with E-state index >= 15 is 0 Å². The maximum absolute atomic E-state index is 12.7. The number of anilines is 2. The zero-order valence-electron chi connectivity index (χ0n) is 20.4. The summed E-state index contributed by atoms with van der Waals surface area (Å²) in [6.07, 6.45) is 3.43. The van der Waals surface area contributed by atoms with E-state index in [-0.39, 0.29) is 11.7 Å². The third-order valence-electron chi connectivity index (χ3n) is 6.31. The number of benzene rings is 2. The van der Waals surface area contributed by atoms with Gasteiger partial charge in [-0.15, -0.1) is 0 Å². The van der Waals surface area contributed by atoms with E-state index in [1.165, 1.54) is 0 Å². The van der Waals surface area contributed by atoms with E-state index in [2.05, 4.69) is 25.8 Å². The van der Waals surface area contributed by atoms with Crippen LogP contribution in [0.2, 0.25) is 0 Å². The van der Waals surface area contributed by atoms with E-state index in [1.54, 1.807) is 6.07 Å². The number of unbranched alkanes of at least 4 members (excludes halogenated alkanes) is 1. The summed E-state index contributed by atoms with van der Waals surface area (Å²) >= 11 is 0. The summed E-state index contributed by atoms with van der Waals surface area (Å²) in [6, 6.07) is 13.2. The molecule has 0 saturated carbocycles. The van der Waals surface area contributed by atoms with Gasteiger partial charge in [0.25, 0.3) is 5.91 Å². The first-order valence-electron chi connectivity index (χ1n) is 12.5. The van der Waals surface area contributed by atoms with Gasteiger partial charge in [0.05, 0.1) is 13.2 Å². The van der Waals surface area contributed by atoms with Crippen LogP contribution in [0.15, 0.2) is 47.5 Å². The lowest BCUT2D eigenvalue weighted by Crippen LogP contribution is -2.43. The average molecular weight is 478 g/mol. The van der Waals surface area contributed by atoms with E-state index in [9.17, 15) is 9.59 Å². The first kappa shape index (κ1) is 24.9. The highest BCUT2D eigenvalue weighted by Crippen LogP contribution is 2.23. The van der Waals surface area contributed by atoms with Crippen LogP contribution in [0, 0.1) is 6.92 Å². The van der Waals surface area contributed by atoms with E-state index in [1.807, 2.05) is 43.3 Å². The molecule has 2 aliphatic heterocycles. The van der Waals surface area contributed by atoms with Crippen molar-refractivity contribution in [2.75, 3.05) is 51.3 Å². The Bertz CT molecular complexity index is 1060. The lowest BCUT2D eigenvalue weighted by Gasteiger charge is -2.26. The third kappa shape index (κ3) is 7.37. The Labute approximate surface area is 207 Å². The number of guanidine groups is 1. The second-order valence-electron chi connectivity index (χ2n) is 9.03. The Morgan fingerprint density at radius 2 is 1.94 bits per heavy atom. The number of nitrogens with zero attached hydrogens (tertiary/aromatic N) is 2. The highest BCUT2D eigenvalue weighted by molar-refractivity contribution is 6.06. The molecule has 35 heavy (non-hydrogen) atoms.